The third kappa shape index (κ3) is 5.70. The summed E-state index contributed by atoms with van der Waals surface area (Å²) < 4.78 is 0. The van der Waals surface area contributed by atoms with Crippen LogP contribution in [0, 0.1) is 0 Å². The minimum Gasteiger partial charge on any atom is -0.346 e. The number of nitrogens with one attached hydrogen (secondary N) is 3. The van der Waals surface area contributed by atoms with Gasteiger partial charge in [0.1, 0.15) is 0 Å². The van der Waals surface area contributed by atoms with E-state index in [1.165, 1.54) is 25.4 Å². The summed E-state index contributed by atoms with van der Waals surface area (Å²) in [6, 6.07) is 13.6. The first-order valence-electron chi connectivity index (χ1n) is 8.83. The number of amides is 3. The molecule has 0 bridgehead atoms. The molecular weight excluding hydrogens is 370 g/mol. The van der Waals surface area contributed by atoms with Crippen LogP contribution >= 0.6 is 0 Å². The molecule has 8 heteroatoms. The van der Waals surface area contributed by atoms with Gasteiger partial charge in [-0.05, 0) is 42.5 Å². The first-order chi connectivity index (χ1) is 14.0. The van der Waals surface area contributed by atoms with Crippen LogP contribution in [0.4, 0.5) is 11.4 Å². The molecule has 8 nitrogen and oxygen atoms in total. The van der Waals surface area contributed by atoms with Crippen molar-refractivity contribution in [1.29, 1.82) is 0 Å². The molecule has 0 fully saturated rings. The number of carbonyl (C=O) groups excluding carboxylic acids is 3. The lowest BCUT2D eigenvalue weighted by atomic mass is 10.1. The summed E-state index contributed by atoms with van der Waals surface area (Å²) in [7, 11) is 0. The van der Waals surface area contributed by atoms with Gasteiger partial charge in [0.05, 0.1) is 23.4 Å². The zero-order chi connectivity index (χ0) is 20.6. The van der Waals surface area contributed by atoms with Gasteiger partial charge in [0.25, 0.3) is 11.8 Å². The van der Waals surface area contributed by atoms with Crippen molar-refractivity contribution in [3.05, 3.63) is 83.9 Å². The Morgan fingerprint density at radius 2 is 1.52 bits per heavy atom. The van der Waals surface area contributed by atoms with E-state index < -0.39 is 5.91 Å². The second-order valence-electron chi connectivity index (χ2n) is 6.18. The van der Waals surface area contributed by atoms with Gasteiger partial charge in [0.2, 0.25) is 5.91 Å². The molecule has 2 aromatic heterocycles. The number of hydrogen-bond acceptors (Lipinski definition) is 5. The largest absolute Gasteiger partial charge is 0.346 e. The van der Waals surface area contributed by atoms with Gasteiger partial charge >= 0.3 is 0 Å². The van der Waals surface area contributed by atoms with Gasteiger partial charge in [-0.3, -0.25) is 24.4 Å². The fourth-order valence-electron chi connectivity index (χ4n) is 2.51. The van der Waals surface area contributed by atoms with E-state index in [0.29, 0.717) is 11.4 Å². The van der Waals surface area contributed by atoms with E-state index in [9.17, 15) is 14.4 Å². The van der Waals surface area contributed by atoms with E-state index in [1.54, 1.807) is 42.6 Å². The SMILES string of the molecule is CC(=O)Nc1ccc(NC(=O)c2cncc(C(=O)NCc3ccccn3)c2)cc1. The number of rotatable bonds is 6. The van der Waals surface area contributed by atoms with Crippen LogP contribution in [-0.4, -0.2) is 27.7 Å². The number of hydrogen-bond donors (Lipinski definition) is 3. The minimum atomic E-state index is -0.399. The van der Waals surface area contributed by atoms with E-state index in [4.69, 9.17) is 0 Å². The summed E-state index contributed by atoms with van der Waals surface area (Å²) in [6.45, 7) is 1.69. The van der Waals surface area contributed by atoms with Crippen LogP contribution in [-0.2, 0) is 11.3 Å². The third-order valence-corrected chi connectivity index (χ3v) is 3.88. The average molecular weight is 389 g/mol. The molecule has 3 amide bonds. The van der Waals surface area contributed by atoms with E-state index in [1.807, 2.05) is 6.07 Å². The van der Waals surface area contributed by atoms with E-state index in [0.717, 1.165) is 5.69 Å². The molecule has 146 valence electrons. The zero-order valence-electron chi connectivity index (χ0n) is 15.7. The molecule has 3 N–H and O–H groups in total. The van der Waals surface area contributed by atoms with E-state index >= 15 is 0 Å². The molecule has 0 aliphatic rings. The molecule has 29 heavy (non-hydrogen) atoms. The maximum absolute atomic E-state index is 12.5. The molecule has 0 radical (unpaired) electrons. The zero-order valence-corrected chi connectivity index (χ0v) is 15.7. The molecule has 3 aromatic rings. The molecule has 0 aliphatic heterocycles. The Kier molecular flexibility index (Phi) is 6.26. The Morgan fingerprint density at radius 1 is 0.862 bits per heavy atom. The van der Waals surface area contributed by atoms with Gasteiger partial charge in [-0.15, -0.1) is 0 Å². The van der Waals surface area contributed by atoms with Gasteiger partial charge in [-0.2, -0.15) is 0 Å². The Balaban J connectivity index is 1.62. The highest BCUT2D eigenvalue weighted by Crippen LogP contribution is 2.15. The van der Waals surface area contributed by atoms with Crippen molar-refractivity contribution in [3.8, 4) is 0 Å². The fraction of sp³-hybridized carbons (Fsp3) is 0.0952. The fourth-order valence-corrected chi connectivity index (χ4v) is 2.51. The summed E-state index contributed by atoms with van der Waals surface area (Å²) in [5.74, 6) is -0.924. The lowest BCUT2D eigenvalue weighted by Crippen LogP contribution is -2.24. The number of pyridine rings is 2. The number of anilines is 2. The van der Waals surface area contributed by atoms with Gasteiger partial charge in [0, 0.05) is 36.9 Å². The van der Waals surface area contributed by atoms with Crippen molar-refractivity contribution in [3.63, 3.8) is 0 Å². The van der Waals surface area contributed by atoms with Crippen LogP contribution in [0.25, 0.3) is 0 Å². The highest BCUT2D eigenvalue weighted by atomic mass is 16.2. The molecule has 0 spiro atoms. The molecule has 2 heterocycles. The molecule has 0 aliphatic carbocycles. The monoisotopic (exact) mass is 389 g/mol. The van der Waals surface area contributed by atoms with E-state index in [2.05, 4.69) is 25.9 Å². The third-order valence-electron chi connectivity index (χ3n) is 3.88. The molecule has 1 aromatic carbocycles. The summed E-state index contributed by atoms with van der Waals surface area (Å²) in [5, 5.41) is 8.12. The highest BCUT2D eigenvalue weighted by molar-refractivity contribution is 6.06. The van der Waals surface area contributed by atoms with Crippen LogP contribution in [0.15, 0.2) is 67.1 Å². The van der Waals surface area contributed by atoms with E-state index in [-0.39, 0.29) is 29.5 Å². The van der Waals surface area contributed by atoms with Crippen molar-refractivity contribution in [1.82, 2.24) is 15.3 Å². The summed E-state index contributed by atoms with van der Waals surface area (Å²) in [6.07, 6.45) is 4.43. The summed E-state index contributed by atoms with van der Waals surface area (Å²) in [5.41, 5.74) is 2.43. The maximum Gasteiger partial charge on any atom is 0.257 e. The quantitative estimate of drug-likeness (QED) is 0.600. The van der Waals surface area contributed by atoms with Crippen LogP contribution in [0.2, 0.25) is 0 Å². The first kappa shape index (κ1) is 19.7. The summed E-state index contributed by atoms with van der Waals surface area (Å²) in [4.78, 5) is 44.0. The minimum absolute atomic E-state index is 0.175. The number of carbonyl (C=O) groups is 3. The number of nitrogens with zero attached hydrogens (tertiary/aromatic N) is 2. The standard InChI is InChI=1S/C21H19N5O3/c1-14(27)25-17-5-7-18(8-6-17)26-21(29)16-10-15(11-22-12-16)20(28)24-13-19-4-2-3-9-23-19/h2-12H,13H2,1H3,(H,24,28)(H,25,27)(H,26,29). The Hall–Kier alpha value is -4.07. The topological polar surface area (TPSA) is 113 Å². The lowest BCUT2D eigenvalue weighted by molar-refractivity contribution is -0.114. The maximum atomic E-state index is 12.5. The lowest BCUT2D eigenvalue weighted by Gasteiger charge is -2.08. The van der Waals surface area contributed by atoms with Crippen molar-refractivity contribution in [2.24, 2.45) is 0 Å². The molecule has 0 atom stereocenters. The summed E-state index contributed by atoms with van der Waals surface area (Å²) >= 11 is 0. The number of benzene rings is 1. The molecule has 0 saturated carbocycles. The molecule has 0 unspecified atom stereocenters. The highest BCUT2D eigenvalue weighted by Gasteiger charge is 2.12. The van der Waals surface area contributed by atoms with Crippen LogP contribution in [0.3, 0.4) is 0 Å². The Bertz CT molecular complexity index is 1020. The number of aromatic nitrogens is 2. The molecular formula is C21H19N5O3. The van der Waals surface area contributed by atoms with Gasteiger partial charge in [-0.1, -0.05) is 6.07 Å². The van der Waals surface area contributed by atoms with Gasteiger partial charge in [-0.25, -0.2) is 0 Å². The second-order valence-corrected chi connectivity index (χ2v) is 6.18. The predicted octanol–water partition coefficient (Wildman–Crippen LogP) is 2.62. The first-order valence-corrected chi connectivity index (χ1v) is 8.83. The van der Waals surface area contributed by atoms with Crippen LogP contribution in [0.1, 0.15) is 33.3 Å². The Morgan fingerprint density at radius 3 is 2.14 bits per heavy atom. The molecule has 0 saturated heterocycles. The predicted molar refractivity (Wildman–Crippen MR) is 108 cm³/mol. The Labute approximate surface area is 167 Å². The van der Waals surface area contributed by atoms with Crippen molar-refractivity contribution >= 4 is 29.1 Å². The van der Waals surface area contributed by atoms with Crippen molar-refractivity contribution < 1.29 is 14.4 Å². The average Bonchev–Trinajstić information content (AvgIpc) is 2.74. The van der Waals surface area contributed by atoms with Crippen LogP contribution < -0.4 is 16.0 Å². The van der Waals surface area contributed by atoms with Gasteiger partial charge in [0.15, 0.2) is 0 Å². The second kappa shape index (κ2) is 9.23. The normalized spacial score (nSPS) is 10.1. The molecule has 3 rings (SSSR count). The van der Waals surface area contributed by atoms with Gasteiger partial charge < -0.3 is 16.0 Å². The smallest absolute Gasteiger partial charge is 0.257 e. The van der Waals surface area contributed by atoms with Crippen LogP contribution in [0.5, 0.6) is 0 Å². The van der Waals surface area contributed by atoms with Crippen molar-refractivity contribution in [2.45, 2.75) is 13.5 Å². The van der Waals surface area contributed by atoms with Crippen molar-refractivity contribution in [2.75, 3.05) is 10.6 Å².